The van der Waals surface area contributed by atoms with Gasteiger partial charge in [0, 0.05) is 18.8 Å². The summed E-state index contributed by atoms with van der Waals surface area (Å²) in [7, 11) is -3.49. The molecule has 0 amide bonds. The summed E-state index contributed by atoms with van der Waals surface area (Å²) in [5.41, 5.74) is 0. The van der Waals surface area contributed by atoms with E-state index in [1.54, 1.807) is 12.1 Å². The SMILES string of the molecule is CCCNc1ccc(S(=O)(=O)NC(C)CC(C)CC)cn1. The lowest BCUT2D eigenvalue weighted by atomic mass is 10.0. The van der Waals surface area contributed by atoms with Crippen LogP contribution in [0.4, 0.5) is 5.82 Å². The topological polar surface area (TPSA) is 71.1 Å². The van der Waals surface area contributed by atoms with Crippen molar-refractivity contribution in [1.82, 2.24) is 9.71 Å². The van der Waals surface area contributed by atoms with E-state index in [9.17, 15) is 8.42 Å². The summed E-state index contributed by atoms with van der Waals surface area (Å²) in [6, 6.07) is 3.20. The molecule has 0 spiro atoms. The molecule has 2 N–H and O–H groups in total. The van der Waals surface area contributed by atoms with Gasteiger partial charge in [-0.1, -0.05) is 27.2 Å². The minimum Gasteiger partial charge on any atom is -0.370 e. The molecular formula is C15H27N3O2S. The highest BCUT2D eigenvalue weighted by Crippen LogP contribution is 2.14. The number of aromatic nitrogens is 1. The van der Waals surface area contributed by atoms with E-state index >= 15 is 0 Å². The second-order valence-electron chi connectivity index (χ2n) is 5.58. The average molecular weight is 313 g/mol. The van der Waals surface area contributed by atoms with Crippen molar-refractivity contribution < 1.29 is 8.42 Å². The number of pyridine rings is 1. The minimum atomic E-state index is -3.49. The first-order chi connectivity index (χ1) is 9.89. The first-order valence-electron chi connectivity index (χ1n) is 7.61. The van der Waals surface area contributed by atoms with E-state index in [1.807, 2.05) is 6.92 Å². The number of sulfonamides is 1. The quantitative estimate of drug-likeness (QED) is 0.735. The van der Waals surface area contributed by atoms with Crippen molar-refractivity contribution in [3.05, 3.63) is 18.3 Å². The lowest BCUT2D eigenvalue weighted by molar-refractivity contribution is 0.445. The van der Waals surface area contributed by atoms with Gasteiger partial charge in [-0.25, -0.2) is 18.1 Å². The third-order valence-corrected chi connectivity index (χ3v) is 4.99. The molecule has 0 saturated carbocycles. The summed E-state index contributed by atoms with van der Waals surface area (Å²) in [6.07, 6.45) is 4.28. The fourth-order valence-electron chi connectivity index (χ4n) is 2.05. The Kier molecular flexibility index (Phi) is 7.11. The second-order valence-corrected chi connectivity index (χ2v) is 7.29. The molecule has 1 rings (SSSR count). The zero-order valence-corrected chi connectivity index (χ0v) is 14.2. The summed E-state index contributed by atoms with van der Waals surface area (Å²) in [5.74, 6) is 1.20. The van der Waals surface area contributed by atoms with E-state index in [0.717, 1.165) is 25.8 Å². The van der Waals surface area contributed by atoms with Gasteiger partial charge in [0.2, 0.25) is 10.0 Å². The smallest absolute Gasteiger partial charge is 0.242 e. The van der Waals surface area contributed by atoms with Crippen LogP contribution in [0.5, 0.6) is 0 Å². The van der Waals surface area contributed by atoms with Crippen molar-refractivity contribution in [2.75, 3.05) is 11.9 Å². The van der Waals surface area contributed by atoms with Gasteiger partial charge in [-0.3, -0.25) is 0 Å². The molecule has 0 fully saturated rings. The molecule has 1 heterocycles. The monoisotopic (exact) mass is 313 g/mol. The Morgan fingerprint density at radius 3 is 2.48 bits per heavy atom. The van der Waals surface area contributed by atoms with E-state index in [-0.39, 0.29) is 10.9 Å². The van der Waals surface area contributed by atoms with Crippen LogP contribution >= 0.6 is 0 Å². The Bertz CT molecular complexity index is 514. The molecule has 1 aromatic heterocycles. The third kappa shape index (κ3) is 6.01. The van der Waals surface area contributed by atoms with Crippen molar-refractivity contribution in [3.63, 3.8) is 0 Å². The van der Waals surface area contributed by atoms with Gasteiger partial charge in [-0.15, -0.1) is 0 Å². The second kappa shape index (κ2) is 8.34. The fourth-order valence-corrected chi connectivity index (χ4v) is 3.25. The first kappa shape index (κ1) is 17.9. The molecular weight excluding hydrogens is 286 g/mol. The lowest BCUT2D eigenvalue weighted by Crippen LogP contribution is -2.33. The molecule has 6 heteroatoms. The summed E-state index contributed by atoms with van der Waals surface area (Å²) in [4.78, 5) is 4.35. The molecule has 0 bridgehead atoms. The van der Waals surface area contributed by atoms with Crippen molar-refractivity contribution >= 4 is 15.8 Å². The summed E-state index contributed by atoms with van der Waals surface area (Å²) in [6.45, 7) is 9.02. The molecule has 0 aliphatic heterocycles. The predicted molar refractivity (Wildman–Crippen MR) is 86.9 cm³/mol. The van der Waals surface area contributed by atoms with Crippen molar-refractivity contribution in [2.45, 2.75) is 57.9 Å². The zero-order valence-electron chi connectivity index (χ0n) is 13.4. The van der Waals surface area contributed by atoms with Crippen LogP contribution in [-0.2, 0) is 10.0 Å². The van der Waals surface area contributed by atoms with Crippen LogP contribution in [0.1, 0.15) is 47.0 Å². The number of nitrogens with zero attached hydrogens (tertiary/aromatic N) is 1. The molecule has 0 aliphatic carbocycles. The standard InChI is InChI=1S/C15H27N3O2S/c1-5-9-16-15-8-7-14(11-17-15)21(19,20)18-13(4)10-12(3)6-2/h7-8,11-13,18H,5-6,9-10H2,1-4H3,(H,16,17). The number of hydrogen-bond acceptors (Lipinski definition) is 4. The Morgan fingerprint density at radius 2 is 1.95 bits per heavy atom. The van der Waals surface area contributed by atoms with Crippen molar-refractivity contribution in [2.24, 2.45) is 5.92 Å². The largest absolute Gasteiger partial charge is 0.370 e. The number of rotatable bonds is 9. The molecule has 120 valence electrons. The molecule has 21 heavy (non-hydrogen) atoms. The van der Waals surface area contributed by atoms with Gasteiger partial charge in [-0.2, -0.15) is 0 Å². The molecule has 2 unspecified atom stereocenters. The maximum Gasteiger partial charge on any atom is 0.242 e. The Labute approximate surface area is 128 Å². The zero-order chi connectivity index (χ0) is 15.9. The lowest BCUT2D eigenvalue weighted by Gasteiger charge is -2.17. The van der Waals surface area contributed by atoms with Crippen LogP contribution in [-0.4, -0.2) is 26.0 Å². The molecule has 1 aromatic rings. The van der Waals surface area contributed by atoms with Gasteiger partial charge < -0.3 is 5.32 Å². The Hall–Kier alpha value is -1.14. The van der Waals surface area contributed by atoms with Gasteiger partial charge in [0.05, 0.1) is 0 Å². The highest BCUT2D eigenvalue weighted by atomic mass is 32.2. The predicted octanol–water partition coefficient (Wildman–Crippen LogP) is 3.01. The molecule has 0 aromatic carbocycles. The van der Waals surface area contributed by atoms with Gasteiger partial charge in [0.25, 0.3) is 0 Å². The van der Waals surface area contributed by atoms with Gasteiger partial charge in [0.15, 0.2) is 0 Å². The van der Waals surface area contributed by atoms with Crippen molar-refractivity contribution in [3.8, 4) is 0 Å². The average Bonchev–Trinajstić information content (AvgIpc) is 2.44. The van der Waals surface area contributed by atoms with E-state index in [1.165, 1.54) is 6.20 Å². The highest BCUT2D eigenvalue weighted by molar-refractivity contribution is 7.89. The maximum absolute atomic E-state index is 12.3. The fraction of sp³-hybridized carbons (Fsp3) is 0.667. The first-order valence-corrected chi connectivity index (χ1v) is 9.09. The molecule has 2 atom stereocenters. The maximum atomic E-state index is 12.3. The van der Waals surface area contributed by atoms with E-state index in [0.29, 0.717) is 11.7 Å². The van der Waals surface area contributed by atoms with Crippen molar-refractivity contribution in [1.29, 1.82) is 0 Å². The van der Waals surface area contributed by atoms with Gasteiger partial charge >= 0.3 is 0 Å². The minimum absolute atomic E-state index is 0.0807. The molecule has 0 saturated heterocycles. The number of anilines is 1. The number of nitrogens with one attached hydrogen (secondary N) is 2. The van der Waals surface area contributed by atoms with E-state index in [2.05, 4.69) is 35.8 Å². The van der Waals surface area contributed by atoms with Gasteiger partial charge in [0.1, 0.15) is 10.7 Å². The van der Waals surface area contributed by atoms with E-state index < -0.39 is 10.0 Å². The molecule has 5 nitrogen and oxygen atoms in total. The van der Waals surface area contributed by atoms with Crippen LogP contribution in [0, 0.1) is 5.92 Å². The summed E-state index contributed by atoms with van der Waals surface area (Å²) >= 11 is 0. The highest BCUT2D eigenvalue weighted by Gasteiger charge is 2.18. The van der Waals surface area contributed by atoms with Gasteiger partial charge in [-0.05, 0) is 37.8 Å². The van der Waals surface area contributed by atoms with Crippen LogP contribution in [0.3, 0.4) is 0 Å². The summed E-state index contributed by atoms with van der Waals surface area (Å²) in [5, 5.41) is 3.12. The summed E-state index contributed by atoms with van der Waals surface area (Å²) < 4.78 is 27.2. The molecule has 0 aliphatic rings. The van der Waals surface area contributed by atoms with Crippen LogP contribution in [0.15, 0.2) is 23.2 Å². The van der Waals surface area contributed by atoms with Crippen LogP contribution in [0.2, 0.25) is 0 Å². The van der Waals surface area contributed by atoms with E-state index in [4.69, 9.17) is 0 Å². The Morgan fingerprint density at radius 1 is 1.24 bits per heavy atom. The Balaban J connectivity index is 2.69. The van der Waals surface area contributed by atoms with Crippen LogP contribution < -0.4 is 10.0 Å². The normalized spacial score (nSPS) is 14.7. The number of hydrogen-bond donors (Lipinski definition) is 2. The molecule has 0 radical (unpaired) electrons. The van der Waals surface area contributed by atoms with Crippen LogP contribution in [0.25, 0.3) is 0 Å². The third-order valence-electron chi connectivity index (χ3n) is 3.41.